The predicted molar refractivity (Wildman–Crippen MR) is 72.3 cm³/mol. The molecular weight excluding hydrogens is 249 g/mol. The highest BCUT2D eigenvalue weighted by atomic mass is 19.1. The lowest BCUT2D eigenvalue weighted by Gasteiger charge is -2.15. The normalized spacial score (nSPS) is 28.0. The zero-order valence-electron chi connectivity index (χ0n) is 11.7. The van der Waals surface area contributed by atoms with Gasteiger partial charge in [-0.15, -0.1) is 0 Å². The summed E-state index contributed by atoms with van der Waals surface area (Å²) in [5.41, 5.74) is 0.176. The van der Waals surface area contributed by atoms with E-state index in [4.69, 9.17) is 19.6 Å². The van der Waals surface area contributed by atoms with Crippen molar-refractivity contribution in [3.8, 4) is 0 Å². The van der Waals surface area contributed by atoms with Crippen molar-refractivity contribution in [1.82, 2.24) is 0 Å². The van der Waals surface area contributed by atoms with Gasteiger partial charge in [0.1, 0.15) is 18.5 Å². The number of methoxy groups -OCH3 is 2. The Balaban J connectivity index is 2.66. The van der Waals surface area contributed by atoms with Gasteiger partial charge in [0.05, 0.1) is 17.9 Å². The zero-order valence-corrected chi connectivity index (χ0v) is 11.7. The van der Waals surface area contributed by atoms with E-state index in [9.17, 15) is 4.39 Å². The van der Waals surface area contributed by atoms with Gasteiger partial charge < -0.3 is 14.2 Å². The number of ether oxygens (including phenoxy) is 3. The summed E-state index contributed by atoms with van der Waals surface area (Å²) in [6.07, 6.45) is 5.81. The Kier molecular flexibility index (Phi) is 6.73. The van der Waals surface area contributed by atoms with E-state index in [1.807, 2.05) is 0 Å². The molecule has 0 aromatic carbocycles. The number of hydrogen-bond acceptors (Lipinski definition) is 4. The van der Waals surface area contributed by atoms with E-state index in [-0.39, 0.29) is 29.8 Å². The summed E-state index contributed by atoms with van der Waals surface area (Å²) < 4.78 is 28.8. The van der Waals surface area contributed by atoms with Crippen LogP contribution in [0.3, 0.4) is 0 Å². The van der Waals surface area contributed by atoms with Gasteiger partial charge in [-0.2, -0.15) is 0 Å². The summed E-state index contributed by atoms with van der Waals surface area (Å²) >= 11 is 0. The Morgan fingerprint density at radius 3 is 2.26 bits per heavy atom. The second-order valence-electron chi connectivity index (χ2n) is 4.40. The van der Waals surface area contributed by atoms with Crippen LogP contribution in [-0.4, -0.2) is 44.9 Å². The van der Waals surface area contributed by atoms with Gasteiger partial charge in [-0.1, -0.05) is 6.08 Å². The zero-order chi connectivity index (χ0) is 14.3. The molecule has 0 radical (unpaired) electrons. The lowest BCUT2D eigenvalue weighted by atomic mass is 10.2. The van der Waals surface area contributed by atoms with Crippen molar-refractivity contribution in [2.45, 2.75) is 38.1 Å². The van der Waals surface area contributed by atoms with Crippen molar-refractivity contribution in [3.63, 3.8) is 0 Å². The smallest absolute Gasteiger partial charge is 0.143 e. The molecule has 0 aliphatic heterocycles. The molecule has 1 fully saturated rings. The van der Waals surface area contributed by atoms with Crippen molar-refractivity contribution in [3.05, 3.63) is 24.0 Å². The molecule has 0 spiro atoms. The average Bonchev–Trinajstić information content (AvgIpc) is 2.80. The summed E-state index contributed by atoms with van der Waals surface area (Å²) in [5.74, 6) is 0.275. The minimum absolute atomic E-state index is 0.0162. The molecule has 0 aromatic rings. The Morgan fingerprint density at radius 2 is 1.84 bits per heavy atom. The molecule has 19 heavy (non-hydrogen) atoms. The Labute approximate surface area is 113 Å². The van der Waals surface area contributed by atoms with Gasteiger partial charge in [-0.05, 0) is 19.1 Å². The topological polar surface area (TPSA) is 51.5 Å². The molecule has 1 rings (SSSR count). The summed E-state index contributed by atoms with van der Waals surface area (Å²) in [5, 5.41) is 7.79. The second-order valence-corrected chi connectivity index (χ2v) is 4.40. The van der Waals surface area contributed by atoms with Gasteiger partial charge in [0, 0.05) is 27.1 Å². The minimum Gasteiger partial charge on any atom is -0.488 e. The quantitative estimate of drug-likeness (QED) is 0.572. The molecule has 0 amide bonds. The van der Waals surface area contributed by atoms with Gasteiger partial charge in [0.2, 0.25) is 0 Å². The fourth-order valence-electron chi connectivity index (χ4n) is 2.23. The van der Waals surface area contributed by atoms with Crippen LogP contribution >= 0.6 is 0 Å². The molecule has 1 aliphatic rings. The number of allylic oxidation sites excluding steroid dienone is 3. The monoisotopic (exact) mass is 271 g/mol. The molecule has 4 nitrogen and oxygen atoms in total. The lowest BCUT2D eigenvalue weighted by molar-refractivity contribution is -0.0157. The van der Waals surface area contributed by atoms with Crippen LogP contribution in [0.15, 0.2) is 24.0 Å². The molecule has 5 heteroatoms. The lowest BCUT2D eigenvalue weighted by Crippen LogP contribution is -2.23. The van der Waals surface area contributed by atoms with Gasteiger partial charge >= 0.3 is 0 Å². The third-order valence-corrected chi connectivity index (χ3v) is 3.17. The minimum atomic E-state index is -0.649. The van der Waals surface area contributed by atoms with Crippen molar-refractivity contribution in [1.29, 1.82) is 5.41 Å². The first-order valence-electron chi connectivity index (χ1n) is 6.36. The van der Waals surface area contributed by atoms with Crippen molar-refractivity contribution < 1.29 is 18.6 Å². The molecule has 1 N–H and O–H groups in total. The van der Waals surface area contributed by atoms with Crippen LogP contribution in [0.4, 0.5) is 4.39 Å². The summed E-state index contributed by atoms with van der Waals surface area (Å²) in [6, 6.07) is 0. The number of rotatable bonds is 7. The molecule has 1 saturated carbocycles. The van der Waals surface area contributed by atoms with Gasteiger partial charge in [0.25, 0.3) is 0 Å². The van der Waals surface area contributed by atoms with Crippen molar-refractivity contribution in [2.75, 3.05) is 20.9 Å². The van der Waals surface area contributed by atoms with Crippen LogP contribution in [-0.2, 0) is 14.2 Å². The molecular formula is C14H22FNO3. The highest BCUT2D eigenvalue weighted by Crippen LogP contribution is 2.28. The number of halogens is 1. The number of hydrogen-bond donors (Lipinski definition) is 1. The third-order valence-electron chi connectivity index (χ3n) is 3.17. The Hall–Kier alpha value is -1.20. The average molecular weight is 271 g/mol. The second kappa shape index (κ2) is 8.07. The standard InChI is InChI=1S/C14H22FNO3/c1-4-5-11(16)12(6-7-15)19-10-8-13(17-2)14(9-10)18-3/h4-6,10,13-14,16H,7-9H2,1-3H3/b5-4-,12-6+,16-11?. The van der Waals surface area contributed by atoms with E-state index >= 15 is 0 Å². The molecule has 0 aromatic heterocycles. The van der Waals surface area contributed by atoms with E-state index in [1.54, 1.807) is 33.3 Å². The van der Waals surface area contributed by atoms with Gasteiger partial charge in [-0.25, -0.2) is 4.39 Å². The first kappa shape index (κ1) is 15.9. The van der Waals surface area contributed by atoms with Gasteiger partial charge in [0.15, 0.2) is 0 Å². The molecule has 0 heterocycles. The molecule has 108 valence electrons. The SMILES string of the molecule is C/C=C\C(=N)/C(=C\CF)OC1CC(OC)C(OC)C1. The maximum atomic E-state index is 12.5. The van der Waals surface area contributed by atoms with E-state index in [2.05, 4.69) is 0 Å². The van der Waals surface area contributed by atoms with Crippen LogP contribution in [0.25, 0.3) is 0 Å². The first-order valence-corrected chi connectivity index (χ1v) is 6.36. The molecule has 0 saturated heterocycles. The maximum absolute atomic E-state index is 12.5. The van der Waals surface area contributed by atoms with E-state index in [1.165, 1.54) is 6.08 Å². The Bertz CT molecular complexity index is 343. The van der Waals surface area contributed by atoms with E-state index in [0.717, 1.165) is 0 Å². The van der Waals surface area contributed by atoms with E-state index < -0.39 is 6.67 Å². The van der Waals surface area contributed by atoms with Crippen LogP contribution in [0.5, 0.6) is 0 Å². The van der Waals surface area contributed by atoms with Gasteiger partial charge in [-0.3, -0.25) is 5.41 Å². The molecule has 2 unspecified atom stereocenters. The largest absolute Gasteiger partial charge is 0.488 e. The fourth-order valence-corrected chi connectivity index (χ4v) is 2.23. The van der Waals surface area contributed by atoms with Crippen LogP contribution in [0, 0.1) is 5.41 Å². The van der Waals surface area contributed by atoms with Crippen LogP contribution in [0.1, 0.15) is 19.8 Å². The number of alkyl halides is 1. The molecule has 0 bridgehead atoms. The summed E-state index contributed by atoms with van der Waals surface area (Å²) in [6.45, 7) is 1.16. The van der Waals surface area contributed by atoms with Crippen molar-refractivity contribution >= 4 is 5.71 Å². The summed E-state index contributed by atoms with van der Waals surface area (Å²) in [7, 11) is 3.28. The number of nitrogens with one attached hydrogen (secondary N) is 1. The van der Waals surface area contributed by atoms with Crippen molar-refractivity contribution in [2.24, 2.45) is 0 Å². The first-order chi connectivity index (χ1) is 9.15. The molecule has 2 atom stereocenters. The fraction of sp³-hybridized carbons (Fsp3) is 0.643. The Morgan fingerprint density at radius 1 is 1.26 bits per heavy atom. The van der Waals surface area contributed by atoms with Crippen LogP contribution < -0.4 is 0 Å². The predicted octanol–water partition coefficient (Wildman–Crippen LogP) is 2.64. The molecule has 1 aliphatic carbocycles. The summed E-state index contributed by atoms with van der Waals surface area (Å²) in [4.78, 5) is 0. The maximum Gasteiger partial charge on any atom is 0.143 e. The third kappa shape index (κ3) is 4.44. The highest BCUT2D eigenvalue weighted by Gasteiger charge is 2.36. The highest BCUT2D eigenvalue weighted by molar-refractivity contribution is 6.04. The van der Waals surface area contributed by atoms with E-state index in [0.29, 0.717) is 12.8 Å². The van der Waals surface area contributed by atoms with Crippen LogP contribution in [0.2, 0.25) is 0 Å².